The molecule has 2 aliphatic heterocycles. The van der Waals surface area contributed by atoms with E-state index in [1.165, 1.54) is 19.3 Å². The Morgan fingerprint density at radius 3 is 2.88 bits per heavy atom. The molecular formula is C18H24N6O2. The molecule has 8 heteroatoms. The van der Waals surface area contributed by atoms with Gasteiger partial charge in [0.25, 0.3) is 5.91 Å². The first-order chi connectivity index (χ1) is 12.7. The average Bonchev–Trinajstić information content (AvgIpc) is 2.98. The zero-order valence-electron chi connectivity index (χ0n) is 15.0. The molecule has 0 bridgehead atoms. The van der Waals surface area contributed by atoms with Gasteiger partial charge in [0, 0.05) is 39.1 Å². The van der Waals surface area contributed by atoms with Crippen molar-refractivity contribution in [2.24, 2.45) is 13.0 Å². The van der Waals surface area contributed by atoms with Crippen molar-refractivity contribution in [1.29, 1.82) is 0 Å². The highest BCUT2D eigenvalue weighted by Crippen LogP contribution is 2.37. The largest absolute Gasteiger partial charge is 0.338 e. The lowest BCUT2D eigenvalue weighted by atomic mass is 9.99. The molecule has 1 saturated carbocycles. The quantitative estimate of drug-likeness (QED) is 0.809. The topological polar surface area (TPSA) is 80.3 Å². The van der Waals surface area contributed by atoms with Crippen LogP contribution in [0.2, 0.25) is 0 Å². The zero-order valence-corrected chi connectivity index (χ0v) is 15.0. The van der Waals surface area contributed by atoms with E-state index in [4.69, 9.17) is 4.52 Å². The maximum Gasteiger partial charge on any atom is 0.289 e. The smallest absolute Gasteiger partial charge is 0.289 e. The molecular weight excluding hydrogens is 332 g/mol. The Labute approximate surface area is 152 Å². The number of likely N-dealkylation sites (tertiary alicyclic amines) is 2. The standard InChI is InChI=1S/C18H24N6O2/c1-22-8-6-19-16(22)18(25)24-10-13(11-24)15-20-17(26-21-15)14-3-2-7-23(14)9-12-4-5-12/h6,8,12-14H,2-5,7,9-11H2,1H3. The van der Waals surface area contributed by atoms with Crippen molar-refractivity contribution in [3.05, 3.63) is 29.9 Å². The monoisotopic (exact) mass is 356 g/mol. The number of imidazole rings is 1. The molecule has 0 aromatic carbocycles. The van der Waals surface area contributed by atoms with E-state index in [2.05, 4.69) is 20.0 Å². The Balaban J connectivity index is 1.21. The number of aromatic nitrogens is 4. The van der Waals surface area contributed by atoms with Crippen molar-refractivity contribution in [1.82, 2.24) is 29.5 Å². The van der Waals surface area contributed by atoms with Crippen LogP contribution >= 0.6 is 0 Å². The third-order valence-electron chi connectivity index (χ3n) is 5.84. The molecule has 26 heavy (non-hydrogen) atoms. The summed E-state index contributed by atoms with van der Waals surface area (Å²) >= 11 is 0. The molecule has 1 aliphatic carbocycles. The number of carbonyl (C=O) groups excluding carboxylic acids is 1. The van der Waals surface area contributed by atoms with Crippen LogP contribution in [0.1, 0.15) is 60.0 Å². The van der Waals surface area contributed by atoms with Gasteiger partial charge in [-0.05, 0) is 38.1 Å². The summed E-state index contributed by atoms with van der Waals surface area (Å²) < 4.78 is 7.35. The normalized spacial score (nSPS) is 24.2. The second-order valence-electron chi connectivity index (χ2n) is 7.86. The predicted octanol–water partition coefficient (Wildman–Crippen LogP) is 1.59. The Hall–Kier alpha value is -2.22. The molecule has 1 atom stereocenters. The minimum absolute atomic E-state index is 0.0381. The van der Waals surface area contributed by atoms with Gasteiger partial charge in [-0.1, -0.05) is 5.16 Å². The van der Waals surface area contributed by atoms with Gasteiger partial charge in [0.2, 0.25) is 5.89 Å². The molecule has 1 amide bonds. The summed E-state index contributed by atoms with van der Waals surface area (Å²) in [6.07, 6.45) is 8.45. The highest BCUT2D eigenvalue weighted by molar-refractivity contribution is 5.91. The van der Waals surface area contributed by atoms with E-state index in [1.807, 2.05) is 7.05 Å². The van der Waals surface area contributed by atoms with E-state index < -0.39 is 0 Å². The molecule has 0 radical (unpaired) electrons. The number of aryl methyl sites for hydroxylation is 1. The van der Waals surface area contributed by atoms with E-state index >= 15 is 0 Å². The second-order valence-corrected chi connectivity index (χ2v) is 7.86. The fraction of sp³-hybridized carbons (Fsp3) is 0.667. The SMILES string of the molecule is Cn1ccnc1C(=O)N1CC(c2noc(C3CCCN3CC3CC3)n2)C1. The van der Waals surface area contributed by atoms with Crippen LogP contribution in [0.25, 0.3) is 0 Å². The summed E-state index contributed by atoms with van der Waals surface area (Å²) in [6.45, 7) is 3.55. The molecule has 2 aromatic heterocycles. The molecule has 0 spiro atoms. The fourth-order valence-electron chi connectivity index (χ4n) is 4.03. The van der Waals surface area contributed by atoms with Gasteiger partial charge in [0.15, 0.2) is 11.6 Å². The van der Waals surface area contributed by atoms with Crippen LogP contribution in [0.3, 0.4) is 0 Å². The van der Waals surface area contributed by atoms with E-state index in [-0.39, 0.29) is 17.9 Å². The van der Waals surface area contributed by atoms with Crippen LogP contribution in [0.15, 0.2) is 16.9 Å². The van der Waals surface area contributed by atoms with Gasteiger partial charge in [-0.3, -0.25) is 9.69 Å². The number of amides is 1. The average molecular weight is 356 g/mol. The summed E-state index contributed by atoms with van der Waals surface area (Å²) in [5, 5.41) is 4.21. The summed E-state index contributed by atoms with van der Waals surface area (Å²) in [4.78, 5) is 25.5. The van der Waals surface area contributed by atoms with E-state index in [1.54, 1.807) is 21.9 Å². The van der Waals surface area contributed by atoms with Gasteiger partial charge in [-0.15, -0.1) is 0 Å². The first-order valence-corrected chi connectivity index (χ1v) is 9.53. The van der Waals surface area contributed by atoms with Gasteiger partial charge in [-0.25, -0.2) is 4.98 Å². The first-order valence-electron chi connectivity index (χ1n) is 9.53. The lowest BCUT2D eigenvalue weighted by Crippen LogP contribution is -2.49. The van der Waals surface area contributed by atoms with Crippen molar-refractivity contribution >= 4 is 5.91 Å². The Morgan fingerprint density at radius 2 is 2.15 bits per heavy atom. The summed E-state index contributed by atoms with van der Waals surface area (Å²) in [5.41, 5.74) is 0. The van der Waals surface area contributed by atoms with Gasteiger partial charge >= 0.3 is 0 Å². The van der Waals surface area contributed by atoms with E-state index in [0.29, 0.717) is 18.9 Å². The third kappa shape index (κ3) is 2.82. The zero-order chi connectivity index (χ0) is 17.7. The molecule has 2 aromatic rings. The van der Waals surface area contributed by atoms with Crippen LogP contribution in [0, 0.1) is 5.92 Å². The maximum absolute atomic E-state index is 12.4. The Bertz CT molecular complexity index is 804. The van der Waals surface area contributed by atoms with Gasteiger partial charge in [-0.2, -0.15) is 4.98 Å². The predicted molar refractivity (Wildman–Crippen MR) is 92.4 cm³/mol. The van der Waals surface area contributed by atoms with Crippen molar-refractivity contribution in [3.63, 3.8) is 0 Å². The van der Waals surface area contributed by atoms with Crippen molar-refractivity contribution in [3.8, 4) is 0 Å². The summed E-state index contributed by atoms with van der Waals surface area (Å²) in [7, 11) is 1.83. The van der Waals surface area contributed by atoms with E-state index in [0.717, 1.165) is 37.1 Å². The lowest BCUT2D eigenvalue weighted by molar-refractivity contribution is 0.0575. The number of hydrogen-bond acceptors (Lipinski definition) is 6. The number of hydrogen-bond donors (Lipinski definition) is 0. The molecule has 0 N–H and O–H groups in total. The number of carbonyl (C=O) groups is 1. The molecule has 138 valence electrons. The van der Waals surface area contributed by atoms with Crippen molar-refractivity contribution in [2.75, 3.05) is 26.2 Å². The Morgan fingerprint density at radius 1 is 1.31 bits per heavy atom. The number of rotatable bonds is 5. The van der Waals surface area contributed by atoms with Crippen LogP contribution in [-0.2, 0) is 7.05 Å². The Kier molecular flexibility index (Phi) is 3.81. The molecule has 5 rings (SSSR count). The molecule has 3 aliphatic rings. The molecule has 4 heterocycles. The minimum atomic E-state index is -0.0381. The lowest BCUT2D eigenvalue weighted by Gasteiger charge is -2.37. The van der Waals surface area contributed by atoms with Crippen molar-refractivity contribution in [2.45, 2.75) is 37.6 Å². The molecule has 2 saturated heterocycles. The highest BCUT2D eigenvalue weighted by atomic mass is 16.5. The molecule has 3 fully saturated rings. The van der Waals surface area contributed by atoms with Crippen LogP contribution in [-0.4, -0.2) is 61.6 Å². The first kappa shape index (κ1) is 16.0. The summed E-state index contributed by atoms with van der Waals surface area (Å²) in [6, 6.07) is 0.280. The summed E-state index contributed by atoms with van der Waals surface area (Å²) in [5.74, 6) is 2.96. The van der Waals surface area contributed by atoms with Crippen LogP contribution < -0.4 is 0 Å². The van der Waals surface area contributed by atoms with Crippen LogP contribution in [0.5, 0.6) is 0 Å². The molecule has 1 unspecified atom stereocenters. The van der Waals surface area contributed by atoms with E-state index in [9.17, 15) is 4.79 Å². The van der Waals surface area contributed by atoms with Crippen molar-refractivity contribution < 1.29 is 9.32 Å². The van der Waals surface area contributed by atoms with Crippen LogP contribution in [0.4, 0.5) is 0 Å². The minimum Gasteiger partial charge on any atom is -0.338 e. The fourth-order valence-corrected chi connectivity index (χ4v) is 4.03. The highest BCUT2D eigenvalue weighted by Gasteiger charge is 2.39. The number of nitrogens with zero attached hydrogens (tertiary/aromatic N) is 6. The van der Waals surface area contributed by atoms with Gasteiger partial charge < -0.3 is 14.0 Å². The third-order valence-corrected chi connectivity index (χ3v) is 5.84. The second kappa shape index (κ2) is 6.19. The maximum atomic E-state index is 12.4. The van der Waals surface area contributed by atoms with Gasteiger partial charge in [0.05, 0.1) is 12.0 Å². The van der Waals surface area contributed by atoms with Gasteiger partial charge in [0.1, 0.15) is 0 Å². The molecule has 8 nitrogen and oxygen atoms in total.